The summed E-state index contributed by atoms with van der Waals surface area (Å²) in [6.45, 7) is 11.0. The van der Waals surface area contributed by atoms with Gasteiger partial charge in [0.25, 0.3) is 0 Å². The molecule has 2 saturated carbocycles. The first-order valence-electron chi connectivity index (χ1n) is 19.2. The number of ether oxygens (including phenoxy) is 5. The molecule has 4 aliphatic heterocycles. The van der Waals surface area contributed by atoms with E-state index >= 15 is 0 Å². The number of phenols is 3. The van der Waals surface area contributed by atoms with Crippen LogP contribution >= 0.6 is 0 Å². The van der Waals surface area contributed by atoms with Crippen molar-refractivity contribution in [3.05, 3.63) is 71.7 Å². The second-order valence-corrected chi connectivity index (χ2v) is 17.4. The van der Waals surface area contributed by atoms with Crippen molar-refractivity contribution in [2.75, 3.05) is 0 Å². The Labute approximate surface area is 328 Å². The van der Waals surface area contributed by atoms with Gasteiger partial charge in [-0.15, -0.1) is 0 Å². The van der Waals surface area contributed by atoms with E-state index < -0.39 is 69.8 Å². The Morgan fingerprint density at radius 2 is 1.54 bits per heavy atom. The number of aromatic hydroxyl groups is 3. The minimum absolute atomic E-state index is 0.0263. The van der Waals surface area contributed by atoms with Gasteiger partial charge in [0, 0.05) is 47.8 Å². The standard InChI is InChI=1S/C28H34O9.C15H12O5/c1-14(29)34-19-12-20(31)36-24(2,3)17-11-18(30)27(6)16(26(17,19)5)7-9-25(4)21(15-8-10-33-13-15)35-23(32)22-28(25,27)37-22;16-9-3-1-8(2-4-9)13-7-12(19)15-11(18)5-10(17)6-14(15)20-13/h8,10,13,16-17,19,21-22H,7,9,11-12H2,1-6H3;1-6,13,16-18H,7H2/t16-,17+,19+,21+,22-,25+,26-,27+,28-;13-/m10/s1. The number of carbonyl (C=O) groups is 5. The fraction of sp³-hybridized carbons (Fsp3) is 0.512. The Morgan fingerprint density at radius 1 is 0.825 bits per heavy atom. The fourth-order valence-electron chi connectivity index (χ4n) is 11.5. The first kappa shape index (κ1) is 38.5. The van der Waals surface area contributed by atoms with Crippen LogP contribution in [0.3, 0.4) is 0 Å². The van der Waals surface area contributed by atoms with E-state index in [4.69, 9.17) is 28.1 Å². The molecule has 9 rings (SSSR count). The van der Waals surface area contributed by atoms with Gasteiger partial charge in [-0.3, -0.25) is 19.2 Å². The molecule has 14 nitrogen and oxygen atoms in total. The molecule has 0 unspecified atom stereocenters. The SMILES string of the molecule is CC(=O)O[C@H]1CC(=O)OC(C)(C)[C@@H]2CC(=O)[C@]3(C)[C@H](CC[C@@]4(C)[C@H](c5ccoc5)OC(=O)[C@H]5O[C@]543)[C@@]12C.O=C1C[C@@H](c2ccc(O)cc2)Oc2cc(O)cc(O)c21. The van der Waals surface area contributed by atoms with Gasteiger partial charge in [-0.25, -0.2) is 4.79 Å². The maximum absolute atomic E-state index is 14.4. The summed E-state index contributed by atoms with van der Waals surface area (Å²) in [5, 5.41) is 28.4. The lowest BCUT2D eigenvalue weighted by molar-refractivity contribution is -0.234. The first-order valence-corrected chi connectivity index (χ1v) is 19.2. The van der Waals surface area contributed by atoms with Gasteiger partial charge < -0.3 is 43.4 Å². The summed E-state index contributed by atoms with van der Waals surface area (Å²) in [4.78, 5) is 64.8. The van der Waals surface area contributed by atoms with E-state index in [0.717, 1.165) is 17.2 Å². The minimum Gasteiger partial charge on any atom is -0.508 e. The van der Waals surface area contributed by atoms with Gasteiger partial charge in [0.1, 0.15) is 63.9 Å². The summed E-state index contributed by atoms with van der Waals surface area (Å²) in [5.41, 5.74) is -3.04. The number of phenolic OH excluding ortho intramolecular Hbond substituents is 3. The second-order valence-electron chi connectivity index (χ2n) is 17.4. The van der Waals surface area contributed by atoms with Crippen LogP contribution in [0.5, 0.6) is 23.0 Å². The first-order chi connectivity index (χ1) is 26.8. The molecule has 3 saturated heterocycles. The van der Waals surface area contributed by atoms with Crippen LogP contribution in [0, 0.1) is 28.1 Å². The second kappa shape index (κ2) is 12.8. The maximum Gasteiger partial charge on any atom is 0.339 e. The normalized spacial score (nSPS) is 37.1. The third kappa shape index (κ3) is 5.49. The highest BCUT2D eigenvalue weighted by molar-refractivity contribution is 6.02. The van der Waals surface area contributed by atoms with Crippen molar-refractivity contribution >= 4 is 29.5 Å². The number of esters is 3. The van der Waals surface area contributed by atoms with Gasteiger partial charge in [0.15, 0.2) is 11.9 Å². The molecule has 2 aromatic carbocycles. The third-order valence-electron chi connectivity index (χ3n) is 14.0. The van der Waals surface area contributed by atoms with Gasteiger partial charge in [-0.1, -0.05) is 26.0 Å². The van der Waals surface area contributed by atoms with E-state index in [2.05, 4.69) is 0 Å². The lowest BCUT2D eigenvalue weighted by Gasteiger charge is -2.66. The minimum atomic E-state index is -1.09. The number of rotatable bonds is 3. The monoisotopic (exact) mass is 786 g/mol. The van der Waals surface area contributed by atoms with E-state index in [1.807, 2.05) is 34.6 Å². The smallest absolute Gasteiger partial charge is 0.339 e. The Hall–Kier alpha value is -5.37. The molecule has 2 aliphatic carbocycles. The largest absolute Gasteiger partial charge is 0.508 e. The summed E-state index contributed by atoms with van der Waals surface area (Å²) in [7, 11) is 0. The van der Waals surface area contributed by atoms with E-state index in [1.165, 1.54) is 31.4 Å². The lowest BCUT2D eigenvalue weighted by Crippen LogP contribution is -2.72. The summed E-state index contributed by atoms with van der Waals surface area (Å²) in [6, 6.07) is 10.6. The van der Waals surface area contributed by atoms with Gasteiger partial charge >= 0.3 is 17.9 Å². The number of benzene rings is 2. The number of ketones is 2. The van der Waals surface area contributed by atoms with Crippen LogP contribution in [-0.4, -0.2) is 68.2 Å². The highest BCUT2D eigenvalue weighted by Gasteiger charge is 2.88. The van der Waals surface area contributed by atoms with Crippen LogP contribution in [0.15, 0.2) is 59.4 Å². The molecule has 302 valence electrons. The molecule has 14 heteroatoms. The Morgan fingerprint density at radius 3 is 2.21 bits per heavy atom. The van der Waals surface area contributed by atoms with Crippen LogP contribution in [0.4, 0.5) is 0 Å². The van der Waals surface area contributed by atoms with Gasteiger partial charge in [-0.05, 0) is 63.3 Å². The predicted octanol–water partition coefficient (Wildman–Crippen LogP) is 6.20. The highest BCUT2D eigenvalue weighted by atomic mass is 16.7. The molecule has 6 aliphatic rings. The summed E-state index contributed by atoms with van der Waals surface area (Å²) >= 11 is 0. The van der Waals surface area contributed by atoms with Crippen molar-refractivity contribution in [2.24, 2.45) is 28.1 Å². The molecule has 3 aromatic rings. The van der Waals surface area contributed by atoms with E-state index in [0.29, 0.717) is 12.8 Å². The zero-order valence-corrected chi connectivity index (χ0v) is 32.5. The van der Waals surface area contributed by atoms with Crippen molar-refractivity contribution in [1.82, 2.24) is 0 Å². The number of hydrogen-bond acceptors (Lipinski definition) is 14. The van der Waals surface area contributed by atoms with Crippen LogP contribution in [0.2, 0.25) is 0 Å². The van der Waals surface area contributed by atoms with E-state index in [1.54, 1.807) is 24.5 Å². The number of epoxide rings is 1. The van der Waals surface area contributed by atoms with E-state index in [9.17, 15) is 39.3 Å². The Balaban J connectivity index is 0.000000192. The van der Waals surface area contributed by atoms with Crippen LogP contribution in [-0.2, 0) is 38.1 Å². The lowest BCUT2D eigenvalue weighted by atomic mass is 9.37. The predicted molar refractivity (Wildman–Crippen MR) is 196 cm³/mol. The summed E-state index contributed by atoms with van der Waals surface area (Å²) in [6.07, 6.45) is 1.65. The van der Waals surface area contributed by atoms with Gasteiger partial charge in [-0.2, -0.15) is 0 Å². The average Bonchev–Trinajstić information content (AvgIpc) is 3.71. The van der Waals surface area contributed by atoms with Crippen LogP contribution in [0.1, 0.15) is 107 Å². The van der Waals surface area contributed by atoms with Crippen molar-refractivity contribution in [2.45, 2.75) is 109 Å². The van der Waals surface area contributed by atoms with Crippen molar-refractivity contribution in [1.29, 1.82) is 0 Å². The Kier molecular flexibility index (Phi) is 8.66. The molecule has 0 amide bonds. The molecular weight excluding hydrogens is 740 g/mol. The molecule has 3 N–H and O–H groups in total. The van der Waals surface area contributed by atoms with E-state index in [-0.39, 0.29) is 71.2 Å². The summed E-state index contributed by atoms with van der Waals surface area (Å²) in [5.74, 6) is -2.58. The highest BCUT2D eigenvalue weighted by Crippen LogP contribution is 2.78. The zero-order valence-electron chi connectivity index (χ0n) is 32.5. The average molecular weight is 787 g/mol. The van der Waals surface area contributed by atoms with Crippen LogP contribution < -0.4 is 4.74 Å². The van der Waals surface area contributed by atoms with Crippen molar-refractivity contribution < 1.29 is 67.4 Å². The molecule has 5 fully saturated rings. The molecule has 10 atom stereocenters. The van der Waals surface area contributed by atoms with Gasteiger partial charge in [0.2, 0.25) is 0 Å². The number of carbonyl (C=O) groups excluding carboxylic acids is 5. The molecule has 0 bridgehead atoms. The van der Waals surface area contributed by atoms with Gasteiger partial charge in [0.05, 0.1) is 30.8 Å². The molecule has 1 aromatic heterocycles. The zero-order chi connectivity index (χ0) is 41.0. The number of furan rings is 1. The number of cyclic esters (lactones) is 2. The molecule has 57 heavy (non-hydrogen) atoms. The molecule has 0 radical (unpaired) electrons. The third-order valence-corrected chi connectivity index (χ3v) is 14.0. The fourth-order valence-corrected chi connectivity index (χ4v) is 11.5. The quantitative estimate of drug-likeness (QED) is 0.154. The molecular formula is C43H46O14. The van der Waals surface area contributed by atoms with Crippen molar-refractivity contribution in [3.63, 3.8) is 0 Å². The number of hydrogen-bond donors (Lipinski definition) is 3. The Bertz CT molecular complexity index is 2170. The topological polar surface area (TPSA) is 209 Å². The number of Topliss-reactive ketones (excluding diaryl/α,β-unsaturated/α-hetero) is 2. The van der Waals surface area contributed by atoms with Crippen LogP contribution in [0.25, 0.3) is 0 Å². The molecule has 5 heterocycles. The number of fused-ring (bicyclic) bond motifs is 4. The van der Waals surface area contributed by atoms with Crippen molar-refractivity contribution in [3.8, 4) is 23.0 Å². The maximum atomic E-state index is 14.4. The molecule has 1 spiro atoms. The summed E-state index contributed by atoms with van der Waals surface area (Å²) < 4.78 is 35.0.